The van der Waals surface area contributed by atoms with Gasteiger partial charge in [-0.05, 0) is 17.7 Å². The highest BCUT2D eigenvalue weighted by atomic mass is 35.5. The Morgan fingerprint density at radius 3 is 2.67 bits per heavy atom. The highest BCUT2D eigenvalue weighted by Crippen LogP contribution is 2.24. The van der Waals surface area contributed by atoms with E-state index in [-0.39, 0.29) is 24.1 Å². The lowest BCUT2D eigenvalue weighted by atomic mass is 10.1. The Hall–Kier alpha value is -2.67. The Morgan fingerprint density at radius 2 is 2.04 bits per heavy atom. The van der Waals surface area contributed by atoms with Crippen LogP contribution in [0.1, 0.15) is 5.56 Å². The Balaban J connectivity index is 1.50. The Morgan fingerprint density at radius 1 is 1.33 bits per heavy atom. The Kier molecular flexibility index (Phi) is 4.61. The standard InChI is InChI=1S/C16H14ClN3O4/c17-14-2-1-7-18-16(14)24-13-9-19(10-13)15(21)8-11-3-5-12(6-4-11)20(22)23/h1-7,13H,8-10H2. The van der Waals surface area contributed by atoms with Gasteiger partial charge < -0.3 is 9.64 Å². The minimum atomic E-state index is -0.467. The molecule has 24 heavy (non-hydrogen) atoms. The third kappa shape index (κ3) is 3.62. The van der Waals surface area contributed by atoms with Gasteiger partial charge in [0.15, 0.2) is 0 Å². The van der Waals surface area contributed by atoms with Gasteiger partial charge in [-0.2, -0.15) is 0 Å². The molecule has 1 saturated heterocycles. The molecule has 1 aromatic carbocycles. The van der Waals surface area contributed by atoms with Crippen molar-refractivity contribution >= 4 is 23.2 Å². The van der Waals surface area contributed by atoms with Crippen molar-refractivity contribution in [2.75, 3.05) is 13.1 Å². The Bertz CT molecular complexity index is 760. The molecule has 0 radical (unpaired) electrons. The molecule has 0 unspecified atom stereocenters. The number of carbonyl (C=O) groups excluding carboxylic acids is 1. The molecule has 1 amide bonds. The van der Waals surface area contributed by atoms with Crippen LogP contribution < -0.4 is 4.74 Å². The summed E-state index contributed by atoms with van der Waals surface area (Å²) in [4.78, 5) is 28.0. The van der Waals surface area contributed by atoms with Crippen LogP contribution in [0.3, 0.4) is 0 Å². The third-order valence-corrected chi connectivity index (χ3v) is 3.99. The van der Waals surface area contributed by atoms with Crippen molar-refractivity contribution in [2.45, 2.75) is 12.5 Å². The number of nitro benzene ring substituents is 1. The van der Waals surface area contributed by atoms with Crippen LogP contribution in [0.2, 0.25) is 5.02 Å². The maximum absolute atomic E-state index is 12.2. The van der Waals surface area contributed by atoms with Crippen molar-refractivity contribution in [2.24, 2.45) is 0 Å². The molecule has 8 heteroatoms. The molecule has 1 aliphatic rings. The van der Waals surface area contributed by atoms with Crippen LogP contribution in [-0.4, -0.2) is 39.9 Å². The molecule has 0 N–H and O–H groups in total. The third-order valence-electron chi connectivity index (χ3n) is 3.71. The fraction of sp³-hybridized carbons (Fsp3) is 0.250. The highest BCUT2D eigenvalue weighted by molar-refractivity contribution is 6.31. The first-order valence-electron chi connectivity index (χ1n) is 7.31. The summed E-state index contributed by atoms with van der Waals surface area (Å²) in [6.45, 7) is 0.942. The number of likely N-dealkylation sites (tertiary alicyclic amines) is 1. The highest BCUT2D eigenvalue weighted by Gasteiger charge is 2.32. The van der Waals surface area contributed by atoms with E-state index in [1.807, 2.05) is 0 Å². The molecule has 1 aromatic heterocycles. The maximum Gasteiger partial charge on any atom is 0.269 e. The molecule has 3 rings (SSSR count). The van der Waals surface area contributed by atoms with Crippen molar-refractivity contribution in [3.05, 3.63) is 63.3 Å². The number of nitrogens with zero attached hydrogens (tertiary/aromatic N) is 3. The molecule has 124 valence electrons. The van der Waals surface area contributed by atoms with Crippen LogP contribution in [0.5, 0.6) is 5.88 Å². The summed E-state index contributed by atoms with van der Waals surface area (Å²) < 4.78 is 5.64. The second-order valence-electron chi connectivity index (χ2n) is 5.43. The molecule has 2 heterocycles. The van der Waals surface area contributed by atoms with E-state index in [1.54, 1.807) is 35.4 Å². The first-order chi connectivity index (χ1) is 11.5. The number of nitro groups is 1. The van der Waals surface area contributed by atoms with Gasteiger partial charge in [0.1, 0.15) is 11.1 Å². The van der Waals surface area contributed by atoms with Gasteiger partial charge in [-0.1, -0.05) is 23.7 Å². The van der Waals surface area contributed by atoms with Crippen molar-refractivity contribution in [3.63, 3.8) is 0 Å². The lowest BCUT2D eigenvalue weighted by Crippen LogP contribution is -2.56. The second kappa shape index (κ2) is 6.84. The van der Waals surface area contributed by atoms with Crippen LogP contribution in [0.15, 0.2) is 42.6 Å². The Labute approximate surface area is 143 Å². The van der Waals surface area contributed by atoms with E-state index in [1.165, 1.54) is 12.1 Å². The van der Waals surface area contributed by atoms with E-state index in [0.29, 0.717) is 24.0 Å². The van der Waals surface area contributed by atoms with E-state index in [0.717, 1.165) is 5.56 Å². The number of hydrogen-bond donors (Lipinski definition) is 0. The van der Waals surface area contributed by atoms with Gasteiger partial charge in [-0.3, -0.25) is 14.9 Å². The summed E-state index contributed by atoms with van der Waals surface area (Å²) in [7, 11) is 0. The summed E-state index contributed by atoms with van der Waals surface area (Å²) in [5.74, 6) is 0.322. The van der Waals surface area contributed by atoms with Gasteiger partial charge in [0, 0.05) is 18.3 Å². The number of non-ortho nitro benzene ring substituents is 1. The first-order valence-corrected chi connectivity index (χ1v) is 7.69. The molecular formula is C16H14ClN3O4. The fourth-order valence-corrected chi connectivity index (χ4v) is 2.52. The second-order valence-corrected chi connectivity index (χ2v) is 5.84. The first kappa shape index (κ1) is 16.2. The summed E-state index contributed by atoms with van der Waals surface area (Å²) in [5, 5.41) is 11.0. The lowest BCUT2D eigenvalue weighted by molar-refractivity contribution is -0.384. The number of ether oxygens (including phenoxy) is 1. The van der Waals surface area contributed by atoms with E-state index in [4.69, 9.17) is 16.3 Å². The summed E-state index contributed by atoms with van der Waals surface area (Å²) in [5.41, 5.74) is 0.749. The molecule has 1 fully saturated rings. The number of carbonyl (C=O) groups is 1. The zero-order valence-corrected chi connectivity index (χ0v) is 13.3. The van der Waals surface area contributed by atoms with Gasteiger partial charge in [-0.25, -0.2) is 4.98 Å². The van der Waals surface area contributed by atoms with Crippen LogP contribution in [-0.2, 0) is 11.2 Å². The van der Waals surface area contributed by atoms with Crippen molar-refractivity contribution in [1.82, 2.24) is 9.88 Å². The lowest BCUT2D eigenvalue weighted by Gasteiger charge is -2.38. The fourth-order valence-electron chi connectivity index (χ4n) is 2.35. The molecule has 7 nitrogen and oxygen atoms in total. The topological polar surface area (TPSA) is 85.6 Å². The average molecular weight is 348 g/mol. The monoisotopic (exact) mass is 347 g/mol. The maximum atomic E-state index is 12.2. The van der Waals surface area contributed by atoms with Gasteiger partial charge in [-0.15, -0.1) is 0 Å². The molecule has 0 spiro atoms. The summed E-state index contributed by atoms with van der Waals surface area (Å²) in [6, 6.07) is 9.40. The average Bonchev–Trinajstić information content (AvgIpc) is 2.52. The number of halogens is 1. The van der Waals surface area contributed by atoms with E-state index in [2.05, 4.69) is 4.98 Å². The van der Waals surface area contributed by atoms with Crippen LogP contribution >= 0.6 is 11.6 Å². The molecule has 1 aliphatic heterocycles. The largest absolute Gasteiger partial charge is 0.470 e. The predicted octanol–water partition coefficient (Wildman–Crippen LogP) is 2.48. The summed E-state index contributed by atoms with van der Waals surface area (Å²) >= 11 is 5.97. The van der Waals surface area contributed by atoms with Crippen LogP contribution in [0.4, 0.5) is 5.69 Å². The number of aromatic nitrogens is 1. The molecule has 2 aromatic rings. The number of amides is 1. The van der Waals surface area contributed by atoms with Gasteiger partial charge >= 0.3 is 0 Å². The number of pyridine rings is 1. The smallest absolute Gasteiger partial charge is 0.269 e. The molecule has 0 aliphatic carbocycles. The van der Waals surface area contributed by atoms with Crippen LogP contribution in [0, 0.1) is 10.1 Å². The van der Waals surface area contributed by atoms with E-state index in [9.17, 15) is 14.9 Å². The minimum absolute atomic E-state index is 0.0100. The number of benzene rings is 1. The molecule has 0 bridgehead atoms. The molecule has 0 saturated carbocycles. The normalized spacial score (nSPS) is 14.1. The molecule has 0 atom stereocenters. The van der Waals surface area contributed by atoms with Gasteiger partial charge in [0.2, 0.25) is 11.8 Å². The van der Waals surface area contributed by atoms with Gasteiger partial charge in [0.25, 0.3) is 5.69 Å². The van der Waals surface area contributed by atoms with Crippen molar-refractivity contribution in [1.29, 1.82) is 0 Å². The SMILES string of the molecule is O=C(Cc1ccc([N+](=O)[O-])cc1)N1CC(Oc2ncccc2Cl)C1. The number of hydrogen-bond acceptors (Lipinski definition) is 5. The van der Waals surface area contributed by atoms with Crippen LogP contribution in [0.25, 0.3) is 0 Å². The van der Waals surface area contributed by atoms with Crippen molar-refractivity contribution < 1.29 is 14.5 Å². The number of rotatable bonds is 5. The zero-order valence-electron chi connectivity index (χ0n) is 12.6. The zero-order chi connectivity index (χ0) is 17.1. The van der Waals surface area contributed by atoms with Gasteiger partial charge in [0.05, 0.1) is 24.4 Å². The van der Waals surface area contributed by atoms with E-state index < -0.39 is 4.92 Å². The van der Waals surface area contributed by atoms with E-state index >= 15 is 0 Å². The minimum Gasteiger partial charge on any atom is -0.470 e. The quantitative estimate of drug-likeness (QED) is 0.612. The predicted molar refractivity (Wildman–Crippen MR) is 87.0 cm³/mol. The van der Waals surface area contributed by atoms with Crippen molar-refractivity contribution in [3.8, 4) is 5.88 Å². The summed E-state index contributed by atoms with van der Waals surface area (Å²) in [6.07, 6.45) is 1.67. The molecular weight excluding hydrogens is 334 g/mol.